The molecule has 0 radical (unpaired) electrons. The lowest BCUT2D eigenvalue weighted by molar-refractivity contribution is 0.111. The van der Waals surface area contributed by atoms with Crippen LogP contribution in [0.25, 0.3) is 0 Å². The van der Waals surface area contributed by atoms with E-state index in [1.54, 1.807) is 0 Å². The maximum absolute atomic E-state index is 9.75. The Morgan fingerprint density at radius 3 is 2.31 bits per heavy atom. The number of aromatic amines is 1. The Labute approximate surface area is 76.9 Å². The van der Waals surface area contributed by atoms with Crippen molar-refractivity contribution in [3.05, 3.63) is 11.9 Å². The summed E-state index contributed by atoms with van der Waals surface area (Å²) in [5.41, 5.74) is 0.333. The highest BCUT2D eigenvalue weighted by Crippen LogP contribution is 1.96. The minimum atomic E-state index is 0.333. The van der Waals surface area contributed by atoms with Gasteiger partial charge in [0.15, 0.2) is 6.29 Å². The largest absolute Gasteiger partial charge is 0.317 e. The standard InChI is InChI=1S/C5H11N.C3H3N3O/c1-2-4-6-5-3-1;7-2-3-1-4-6-5-3/h6H,1-5H2;1-2H,(H,4,5,6). The van der Waals surface area contributed by atoms with Crippen molar-refractivity contribution in [2.24, 2.45) is 0 Å². The van der Waals surface area contributed by atoms with Gasteiger partial charge >= 0.3 is 0 Å². The average Bonchev–Trinajstić information content (AvgIpc) is 2.74. The second-order valence-electron chi connectivity index (χ2n) is 2.83. The van der Waals surface area contributed by atoms with E-state index in [1.807, 2.05) is 0 Å². The van der Waals surface area contributed by atoms with E-state index in [9.17, 15) is 4.79 Å². The van der Waals surface area contributed by atoms with Crippen LogP contribution in [0.5, 0.6) is 0 Å². The molecule has 5 heteroatoms. The molecule has 1 aromatic heterocycles. The van der Waals surface area contributed by atoms with Crippen molar-refractivity contribution < 1.29 is 4.79 Å². The van der Waals surface area contributed by atoms with Crippen molar-refractivity contribution in [2.75, 3.05) is 13.1 Å². The van der Waals surface area contributed by atoms with Gasteiger partial charge in [0.05, 0.1) is 6.20 Å². The molecule has 0 aromatic carbocycles. The van der Waals surface area contributed by atoms with E-state index in [0.717, 1.165) is 0 Å². The first-order valence-corrected chi connectivity index (χ1v) is 4.46. The van der Waals surface area contributed by atoms with Crippen LogP contribution >= 0.6 is 0 Å². The number of aromatic nitrogens is 3. The van der Waals surface area contributed by atoms with Gasteiger partial charge in [-0.3, -0.25) is 9.89 Å². The Hall–Kier alpha value is -1.23. The maximum Gasteiger partial charge on any atom is 0.171 e. The van der Waals surface area contributed by atoms with Gasteiger partial charge in [-0.2, -0.15) is 0 Å². The van der Waals surface area contributed by atoms with E-state index in [0.29, 0.717) is 12.0 Å². The lowest BCUT2D eigenvalue weighted by atomic mass is 10.2. The third-order valence-electron chi connectivity index (χ3n) is 1.76. The van der Waals surface area contributed by atoms with E-state index in [2.05, 4.69) is 20.7 Å². The Morgan fingerprint density at radius 2 is 2.08 bits per heavy atom. The fraction of sp³-hybridized carbons (Fsp3) is 0.625. The lowest BCUT2D eigenvalue weighted by Gasteiger charge is -2.08. The summed E-state index contributed by atoms with van der Waals surface area (Å²) in [5.74, 6) is 0. The van der Waals surface area contributed by atoms with Crippen LogP contribution in [0.4, 0.5) is 0 Å². The van der Waals surface area contributed by atoms with Gasteiger partial charge in [-0.1, -0.05) is 11.6 Å². The molecular formula is C8H14N4O. The average molecular weight is 182 g/mol. The highest BCUT2D eigenvalue weighted by Gasteiger charge is 1.93. The van der Waals surface area contributed by atoms with E-state index in [-0.39, 0.29) is 0 Å². The SMILES string of the molecule is C1CCNCC1.O=Cc1c[nH]nn1. The molecule has 0 atom stereocenters. The third kappa shape index (κ3) is 4.37. The number of rotatable bonds is 1. The highest BCUT2D eigenvalue weighted by atomic mass is 16.1. The van der Waals surface area contributed by atoms with Crippen molar-refractivity contribution >= 4 is 6.29 Å². The molecule has 0 amide bonds. The molecule has 2 rings (SSSR count). The molecule has 1 fully saturated rings. The van der Waals surface area contributed by atoms with Crippen LogP contribution in [-0.2, 0) is 0 Å². The van der Waals surface area contributed by atoms with E-state index in [1.165, 1.54) is 38.5 Å². The van der Waals surface area contributed by atoms with Gasteiger partial charge in [0.25, 0.3) is 0 Å². The monoisotopic (exact) mass is 182 g/mol. The molecule has 1 saturated heterocycles. The number of nitrogens with zero attached hydrogens (tertiary/aromatic N) is 2. The first kappa shape index (κ1) is 9.85. The second-order valence-corrected chi connectivity index (χ2v) is 2.83. The molecular weight excluding hydrogens is 168 g/mol. The number of piperidine rings is 1. The molecule has 1 aliphatic rings. The first-order chi connectivity index (χ1) is 6.43. The zero-order valence-corrected chi connectivity index (χ0v) is 7.49. The smallest absolute Gasteiger partial charge is 0.171 e. The van der Waals surface area contributed by atoms with Crippen LogP contribution in [0, 0.1) is 0 Å². The summed E-state index contributed by atoms with van der Waals surface area (Å²) in [6.45, 7) is 2.50. The summed E-state index contributed by atoms with van der Waals surface area (Å²) in [6, 6.07) is 0. The van der Waals surface area contributed by atoms with Crippen LogP contribution in [0.1, 0.15) is 29.8 Å². The highest BCUT2D eigenvalue weighted by molar-refractivity contribution is 5.70. The Kier molecular flexibility index (Phi) is 4.78. The van der Waals surface area contributed by atoms with Gasteiger partial charge in [0.2, 0.25) is 0 Å². The maximum atomic E-state index is 9.75. The number of carbonyl (C=O) groups is 1. The number of H-pyrrole nitrogens is 1. The molecule has 72 valence electrons. The number of hydrogen-bond acceptors (Lipinski definition) is 4. The van der Waals surface area contributed by atoms with E-state index in [4.69, 9.17) is 0 Å². The molecule has 0 bridgehead atoms. The van der Waals surface area contributed by atoms with Crippen LogP contribution < -0.4 is 5.32 Å². The van der Waals surface area contributed by atoms with Crippen LogP contribution in [0.15, 0.2) is 6.20 Å². The lowest BCUT2D eigenvalue weighted by Crippen LogP contribution is -2.21. The quantitative estimate of drug-likeness (QED) is 0.616. The van der Waals surface area contributed by atoms with Gasteiger partial charge in [-0.05, 0) is 25.9 Å². The third-order valence-corrected chi connectivity index (χ3v) is 1.76. The minimum absolute atomic E-state index is 0.333. The number of aldehydes is 1. The molecule has 1 aromatic rings. The molecule has 0 saturated carbocycles. The predicted molar refractivity (Wildman–Crippen MR) is 48.5 cm³/mol. The summed E-state index contributed by atoms with van der Waals surface area (Å²) >= 11 is 0. The number of carbonyl (C=O) groups excluding carboxylic acids is 1. The molecule has 2 N–H and O–H groups in total. The Bertz CT molecular complexity index is 207. The summed E-state index contributed by atoms with van der Waals surface area (Å²) in [7, 11) is 0. The van der Waals surface area contributed by atoms with Crippen molar-refractivity contribution in [2.45, 2.75) is 19.3 Å². The second kappa shape index (κ2) is 6.30. The molecule has 1 aliphatic heterocycles. The fourth-order valence-corrected chi connectivity index (χ4v) is 1.07. The summed E-state index contributed by atoms with van der Waals surface area (Å²) in [6.07, 6.45) is 6.27. The molecule has 0 aliphatic carbocycles. The number of nitrogens with one attached hydrogen (secondary N) is 2. The molecule has 13 heavy (non-hydrogen) atoms. The van der Waals surface area contributed by atoms with Gasteiger partial charge in [-0.25, -0.2) is 0 Å². The van der Waals surface area contributed by atoms with Crippen molar-refractivity contribution in [1.29, 1.82) is 0 Å². The zero-order chi connectivity index (χ0) is 9.36. The zero-order valence-electron chi connectivity index (χ0n) is 7.49. The van der Waals surface area contributed by atoms with Gasteiger partial charge in [-0.15, -0.1) is 5.10 Å². The van der Waals surface area contributed by atoms with E-state index < -0.39 is 0 Å². The minimum Gasteiger partial charge on any atom is -0.317 e. The summed E-state index contributed by atoms with van der Waals surface area (Å²) in [4.78, 5) is 9.75. The van der Waals surface area contributed by atoms with Crippen LogP contribution in [-0.4, -0.2) is 34.8 Å². The van der Waals surface area contributed by atoms with Crippen molar-refractivity contribution in [3.63, 3.8) is 0 Å². The predicted octanol–water partition coefficient (Wildman–Crippen LogP) is 0.377. The normalized spacial score (nSPS) is 15.7. The summed E-state index contributed by atoms with van der Waals surface area (Å²) < 4.78 is 0. The summed E-state index contributed by atoms with van der Waals surface area (Å²) in [5, 5.41) is 12.3. The van der Waals surface area contributed by atoms with Crippen LogP contribution in [0.3, 0.4) is 0 Å². The van der Waals surface area contributed by atoms with Crippen molar-refractivity contribution in [1.82, 2.24) is 20.7 Å². The fourth-order valence-electron chi connectivity index (χ4n) is 1.07. The van der Waals surface area contributed by atoms with Crippen molar-refractivity contribution in [3.8, 4) is 0 Å². The topological polar surface area (TPSA) is 70.7 Å². The molecule has 2 heterocycles. The van der Waals surface area contributed by atoms with Crippen LogP contribution in [0.2, 0.25) is 0 Å². The van der Waals surface area contributed by atoms with Gasteiger partial charge < -0.3 is 5.32 Å². The Balaban J connectivity index is 0.000000132. The Morgan fingerprint density at radius 1 is 1.31 bits per heavy atom. The first-order valence-electron chi connectivity index (χ1n) is 4.46. The van der Waals surface area contributed by atoms with E-state index >= 15 is 0 Å². The number of hydrogen-bond donors (Lipinski definition) is 2. The molecule has 5 nitrogen and oxygen atoms in total. The molecule has 0 spiro atoms. The molecule has 0 unspecified atom stereocenters. The van der Waals surface area contributed by atoms with Gasteiger partial charge in [0, 0.05) is 0 Å². The van der Waals surface area contributed by atoms with Gasteiger partial charge in [0.1, 0.15) is 5.69 Å².